The van der Waals surface area contributed by atoms with Crippen LogP contribution in [0.4, 0.5) is 0 Å². The van der Waals surface area contributed by atoms with Gasteiger partial charge in [-0.15, -0.1) is 0 Å². The van der Waals surface area contributed by atoms with Crippen LogP contribution < -0.4 is 11.1 Å². The molecule has 0 bridgehead atoms. The summed E-state index contributed by atoms with van der Waals surface area (Å²) in [4.78, 5) is 11.4. The van der Waals surface area contributed by atoms with Gasteiger partial charge in [0.2, 0.25) is 5.91 Å². The maximum Gasteiger partial charge on any atom is 0.220 e. The number of rotatable bonds is 1. The highest BCUT2D eigenvalue weighted by atomic mass is 35.5. The van der Waals surface area contributed by atoms with E-state index in [0.717, 1.165) is 0 Å². The van der Waals surface area contributed by atoms with E-state index in [9.17, 15) is 4.79 Å². The molecule has 3 N–H and O–H groups in total. The normalized spacial score (nSPS) is 25.3. The molecule has 1 aromatic carbocycles. The van der Waals surface area contributed by atoms with Gasteiger partial charge in [0.1, 0.15) is 0 Å². The molecule has 1 aliphatic rings. The van der Waals surface area contributed by atoms with Gasteiger partial charge in [-0.05, 0) is 18.6 Å². The minimum atomic E-state index is -0.289. The van der Waals surface area contributed by atoms with E-state index >= 15 is 0 Å². The molecule has 2 unspecified atom stereocenters. The predicted octanol–water partition coefficient (Wildman–Crippen LogP) is 2.27. The SMILES string of the molecule is NC1CCC(=O)NC1c1c(Cl)cccc1Cl. The van der Waals surface area contributed by atoms with Crippen molar-refractivity contribution in [3.63, 3.8) is 0 Å². The fourth-order valence-electron chi connectivity index (χ4n) is 1.91. The van der Waals surface area contributed by atoms with Gasteiger partial charge in [0.05, 0.1) is 6.04 Å². The number of hydrogen-bond donors (Lipinski definition) is 2. The highest BCUT2D eigenvalue weighted by Gasteiger charge is 2.29. The van der Waals surface area contributed by atoms with Crippen molar-refractivity contribution in [1.29, 1.82) is 0 Å². The van der Waals surface area contributed by atoms with E-state index in [0.29, 0.717) is 28.5 Å². The first-order valence-electron chi connectivity index (χ1n) is 5.08. The van der Waals surface area contributed by atoms with Gasteiger partial charge >= 0.3 is 0 Å². The van der Waals surface area contributed by atoms with Crippen molar-refractivity contribution in [2.24, 2.45) is 5.73 Å². The van der Waals surface area contributed by atoms with Gasteiger partial charge in [-0.2, -0.15) is 0 Å². The summed E-state index contributed by atoms with van der Waals surface area (Å²) in [7, 11) is 0. The van der Waals surface area contributed by atoms with Crippen LogP contribution in [-0.4, -0.2) is 11.9 Å². The Labute approximate surface area is 104 Å². The molecule has 1 fully saturated rings. The summed E-state index contributed by atoms with van der Waals surface area (Å²) >= 11 is 12.2. The van der Waals surface area contributed by atoms with E-state index in [2.05, 4.69) is 5.32 Å². The maximum atomic E-state index is 11.4. The summed E-state index contributed by atoms with van der Waals surface area (Å²) in [6.45, 7) is 0. The lowest BCUT2D eigenvalue weighted by atomic mass is 9.92. The van der Waals surface area contributed by atoms with Gasteiger partial charge in [-0.3, -0.25) is 4.79 Å². The Morgan fingerprint density at radius 3 is 2.56 bits per heavy atom. The number of nitrogens with two attached hydrogens (primary N) is 1. The summed E-state index contributed by atoms with van der Waals surface area (Å²) in [5.74, 6) is -0.0114. The van der Waals surface area contributed by atoms with Crippen molar-refractivity contribution < 1.29 is 4.79 Å². The molecular weight excluding hydrogens is 247 g/mol. The summed E-state index contributed by atoms with van der Waals surface area (Å²) in [5.41, 5.74) is 6.69. The van der Waals surface area contributed by atoms with E-state index in [4.69, 9.17) is 28.9 Å². The molecule has 5 heteroatoms. The predicted molar refractivity (Wildman–Crippen MR) is 64.6 cm³/mol. The monoisotopic (exact) mass is 258 g/mol. The van der Waals surface area contributed by atoms with Crippen LogP contribution in [-0.2, 0) is 4.79 Å². The van der Waals surface area contributed by atoms with Crippen molar-refractivity contribution >= 4 is 29.1 Å². The topological polar surface area (TPSA) is 55.1 Å². The Morgan fingerprint density at radius 2 is 1.94 bits per heavy atom. The highest BCUT2D eigenvalue weighted by molar-refractivity contribution is 6.36. The number of halogens is 2. The molecule has 2 atom stereocenters. The largest absolute Gasteiger partial charge is 0.348 e. The molecule has 1 saturated heterocycles. The summed E-state index contributed by atoms with van der Waals surface area (Å²) < 4.78 is 0. The lowest BCUT2D eigenvalue weighted by Gasteiger charge is -2.31. The zero-order chi connectivity index (χ0) is 11.7. The molecule has 1 aliphatic heterocycles. The Bertz CT molecular complexity index is 402. The van der Waals surface area contributed by atoms with E-state index < -0.39 is 0 Å². The maximum absolute atomic E-state index is 11.4. The van der Waals surface area contributed by atoms with Crippen molar-refractivity contribution in [2.45, 2.75) is 24.9 Å². The molecular formula is C11H12Cl2N2O. The molecule has 2 rings (SSSR count). The average molecular weight is 259 g/mol. The van der Waals surface area contributed by atoms with Gasteiger partial charge in [-0.1, -0.05) is 29.3 Å². The number of carbonyl (C=O) groups is 1. The second kappa shape index (κ2) is 4.62. The van der Waals surface area contributed by atoms with Crippen molar-refractivity contribution in [2.75, 3.05) is 0 Å². The molecule has 16 heavy (non-hydrogen) atoms. The molecule has 0 radical (unpaired) electrons. The highest BCUT2D eigenvalue weighted by Crippen LogP contribution is 2.33. The third-order valence-corrected chi connectivity index (χ3v) is 3.42. The number of carbonyl (C=O) groups excluding carboxylic acids is 1. The van der Waals surface area contributed by atoms with Gasteiger partial charge in [-0.25, -0.2) is 0 Å². The lowest BCUT2D eigenvalue weighted by molar-refractivity contribution is -0.123. The van der Waals surface area contributed by atoms with Crippen LogP contribution in [0.15, 0.2) is 18.2 Å². The zero-order valence-corrected chi connectivity index (χ0v) is 10.1. The number of benzene rings is 1. The van der Waals surface area contributed by atoms with Crippen LogP contribution in [0.25, 0.3) is 0 Å². The molecule has 0 spiro atoms. The second-order valence-electron chi connectivity index (χ2n) is 3.88. The first-order chi connectivity index (χ1) is 7.59. The molecule has 0 saturated carbocycles. The van der Waals surface area contributed by atoms with Gasteiger partial charge in [0, 0.05) is 28.1 Å². The smallest absolute Gasteiger partial charge is 0.220 e. The van der Waals surface area contributed by atoms with Crippen LogP contribution >= 0.6 is 23.2 Å². The van der Waals surface area contributed by atoms with Crippen molar-refractivity contribution in [3.8, 4) is 0 Å². The summed E-state index contributed by atoms with van der Waals surface area (Å²) in [6.07, 6.45) is 1.11. The van der Waals surface area contributed by atoms with Crippen LogP contribution in [0.1, 0.15) is 24.4 Å². The van der Waals surface area contributed by atoms with Crippen LogP contribution in [0, 0.1) is 0 Å². The third kappa shape index (κ3) is 2.17. The van der Waals surface area contributed by atoms with Crippen LogP contribution in [0.3, 0.4) is 0 Å². The number of hydrogen-bond acceptors (Lipinski definition) is 2. The molecule has 86 valence electrons. The minimum Gasteiger partial charge on any atom is -0.348 e. The molecule has 1 heterocycles. The standard InChI is InChI=1S/C11H12Cl2N2O/c12-6-2-1-3-7(13)10(6)11-8(14)4-5-9(16)15-11/h1-3,8,11H,4-5,14H2,(H,15,16). The fraction of sp³-hybridized carbons (Fsp3) is 0.364. The van der Waals surface area contributed by atoms with E-state index in [-0.39, 0.29) is 18.0 Å². The Morgan fingerprint density at radius 1 is 1.31 bits per heavy atom. The number of piperidine rings is 1. The Balaban J connectivity index is 2.38. The van der Waals surface area contributed by atoms with Gasteiger partial charge < -0.3 is 11.1 Å². The van der Waals surface area contributed by atoms with Crippen LogP contribution in [0.5, 0.6) is 0 Å². The van der Waals surface area contributed by atoms with Crippen LogP contribution in [0.2, 0.25) is 10.0 Å². The van der Waals surface area contributed by atoms with E-state index in [1.807, 2.05) is 0 Å². The van der Waals surface area contributed by atoms with E-state index in [1.54, 1.807) is 18.2 Å². The molecule has 1 amide bonds. The summed E-state index contributed by atoms with van der Waals surface area (Å²) in [6, 6.07) is 4.83. The molecule has 0 aromatic heterocycles. The third-order valence-electron chi connectivity index (χ3n) is 2.76. The zero-order valence-electron chi connectivity index (χ0n) is 8.54. The Kier molecular flexibility index (Phi) is 3.38. The minimum absolute atomic E-state index is 0.0114. The lowest BCUT2D eigenvalue weighted by Crippen LogP contribution is -2.46. The quantitative estimate of drug-likeness (QED) is 0.812. The van der Waals surface area contributed by atoms with Gasteiger partial charge in [0.25, 0.3) is 0 Å². The van der Waals surface area contributed by atoms with Crippen molar-refractivity contribution in [3.05, 3.63) is 33.8 Å². The molecule has 1 aromatic rings. The fourth-order valence-corrected chi connectivity index (χ4v) is 2.54. The van der Waals surface area contributed by atoms with Gasteiger partial charge in [0.15, 0.2) is 0 Å². The average Bonchev–Trinajstić information content (AvgIpc) is 2.23. The number of amides is 1. The number of nitrogens with one attached hydrogen (secondary N) is 1. The van der Waals surface area contributed by atoms with Crippen molar-refractivity contribution in [1.82, 2.24) is 5.32 Å². The first kappa shape index (κ1) is 11.7. The Hall–Kier alpha value is -0.770. The van der Waals surface area contributed by atoms with E-state index in [1.165, 1.54) is 0 Å². The second-order valence-corrected chi connectivity index (χ2v) is 4.70. The molecule has 0 aliphatic carbocycles. The molecule has 3 nitrogen and oxygen atoms in total. The first-order valence-corrected chi connectivity index (χ1v) is 5.84. The summed E-state index contributed by atoms with van der Waals surface area (Å²) in [5, 5.41) is 3.91.